The van der Waals surface area contributed by atoms with E-state index in [2.05, 4.69) is 5.32 Å². The predicted molar refractivity (Wildman–Crippen MR) is 84.1 cm³/mol. The zero-order valence-electron chi connectivity index (χ0n) is 13.2. The van der Waals surface area contributed by atoms with Gasteiger partial charge in [-0.1, -0.05) is 37.3 Å². The summed E-state index contributed by atoms with van der Waals surface area (Å²) in [5.41, 5.74) is 1.09. The number of likely N-dealkylation sites (tertiary alicyclic amines) is 1. The largest absolute Gasteiger partial charge is 0.383 e. The fourth-order valence-corrected chi connectivity index (χ4v) is 2.69. The summed E-state index contributed by atoms with van der Waals surface area (Å²) >= 11 is 0. The zero-order chi connectivity index (χ0) is 15.9. The Kier molecular flexibility index (Phi) is 5.95. The van der Waals surface area contributed by atoms with Crippen LogP contribution in [-0.2, 0) is 20.9 Å². The number of carbonyl (C=O) groups is 2. The monoisotopic (exact) mass is 304 g/mol. The smallest absolute Gasteiger partial charge is 0.225 e. The van der Waals surface area contributed by atoms with Crippen LogP contribution in [-0.4, -0.2) is 43.0 Å². The van der Waals surface area contributed by atoms with E-state index in [4.69, 9.17) is 4.74 Å². The number of benzene rings is 1. The summed E-state index contributed by atoms with van der Waals surface area (Å²) in [6.45, 7) is 3.56. The van der Waals surface area contributed by atoms with E-state index in [1.807, 2.05) is 37.3 Å². The van der Waals surface area contributed by atoms with E-state index < -0.39 is 0 Å². The lowest BCUT2D eigenvalue weighted by molar-refractivity contribution is -0.129. The van der Waals surface area contributed by atoms with E-state index >= 15 is 0 Å². The third kappa shape index (κ3) is 4.31. The molecule has 2 unspecified atom stereocenters. The molecule has 2 rings (SSSR count). The number of hydrogen-bond acceptors (Lipinski definition) is 3. The molecule has 2 atom stereocenters. The van der Waals surface area contributed by atoms with Gasteiger partial charge < -0.3 is 15.0 Å². The normalized spacial score (nSPS) is 19.3. The summed E-state index contributed by atoms with van der Waals surface area (Å²) in [6, 6.07) is 9.86. The maximum atomic E-state index is 12.3. The average Bonchev–Trinajstić information content (AvgIpc) is 2.89. The van der Waals surface area contributed by atoms with Gasteiger partial charge >= 0.3 is 0 Å². The first-order valence-electron chi connectivity index (χ1n) is 7.75. The molecule has 0 aliphatic carbocycles. The standard InChI is InChI=1S/C17H24N2O3/c1-3-15(12-22-2)18-17(21)14-9-16(20)19(11-14)10-13-7-5-4-6-8-13/h4-8,14-15H,3,9-12H2,1-2H3,(H,18,21). The lowest BCUT2D eigenvalue weighted by atomic mass is 10.1. The molecule has 120 valence electrons. The second-order valence-corrected chi connectivity index (χ2v) is 5.73. The first kappa shape index (κ1) is 16.5. The molecule has 0 spiro atoms. The van der Waals surface area contributed by atoms with Crippen molar-refractivity contribution in [2.24, 2.45) is 5.92 Å². The van der Waals surface area contributed by atoms with Crippen molar-refractivity contribution in [3.8, 4) is 0 Å². The molecule has 1 aromatic rings. The highest BCUT2D eigenvalue weighted by molar-refractivity contribution is 5.89. The Hall–Kier alpha value is -1.88. The lowest BCUT2D eigenvalue weighted by Gasteiger charge is -2.19. The number of nitrogens with zero attached hydrogens (tertiary/aromatic N) is 1. The van der Waals surface area contributed by atoms with Gasteiger partial charge in [-0.2, -0.15) is 0 Å². The third-order valence-corrected chi connectivity index (χ3v) is 4.01. The van der Waals surface area contributed by atoms with E-state index in [0.29, 0.717) is 26.1 Å². The van der Waals surface area contributed by atoms with Gasteiger partial charge in [0.25, 0.3) is 0 Å². The van der Waals surface area contributed by atoms with Crippen LogP contribution in [0, 0.1) is 5.92 Å². The zero-order valence-corrected chi connectivity index (χ0v) is 13.2. The van der Waals surface area contributed by atoms with Crippen LogP contribution in [0.3, 0.4) is 0 Å². The summed E-state index contributed by atoms with van der Waals surface area (Å²) in [7, 11) is 1.62. The SMILES string of the molecule is CCC(COC)NC(=O)C1CC(=O)N(Cc2ccccc2)C1. The van der Waals surface area contributed by atoms with Crippen LogP contribution in [0.25, 0.3) is 0 Å². The number of amides is 2. The van der Waals surface area contributed by atoms with Crippen molar-refractivity contribution in [3.05, 3.63) is 35.9 Å². The Morgan fingerprint density at radius 3 is 2.77 bits per heavy atom. The van der Waals surface area contributed by atoms with Crippen molar-refractivity contribution >= 4 is 11.8 Å². The van der Waals surface area contributed by atoms with Crippen LogP contribution in [0.5, 0.6) is 0 Å². The van der Waals surface area contributed by atoms with Crippen LogP contribution >= 0.6 is 0 Å². The Bertz CT molecular complexity index is 504. The maximum Gasteiger partial charge on any atom is 0.225 e. The number of nitrogens with one attached hydrogen (secondary N) is 1. The highest BCUT2D eigenvalue weighted by atomic mass is 16.5. The van der Waals surface area contributed by atoms with Gasteiger partial charge in [-0.05, 0) is 12.0 Å². The third-order valence-electron chi connectivity index (χ3n) is 4.01. The molecule has 1 fully saturated rings. The molecular weight excluding hydrogens is 280 g/mol. The molecular formula is C17H24N2O3. The summed E-state index contributed by atoms with van der Waals surface area (Å²) in [4.78, 5) is 26.1. The predicted octanol–water partition coefficient (Wildman–Crippen LogP) is 1.58. The van der Waals surface area contributed by atoms with Gasteiger partial charge in [-0.15, -0.1) is 0 Å². The molecule has 2 amide bonds. The van der Waals surface area contributed by atoms with Crippen LogP contribution in [0.4, 0.5) is 0 Å². The molecule has 0 saturated carbocycles. The van der Waals surface area contributed by atoms with Gasteiger partial charge in [0.15, 0.2) is 0 Å². The van der Waals surface area contributed by atoms with Crippen molar-refractivity contribution in [1.82, 2.24) is 10.2 Å². The molecule has 1 heterocycles. The molecule has 0 bridgehead atoms. The molecule has 1 saturated heterocycles. The van der Waals surface area contributed by atoms with Gasteiger partial charge in [0.2, 0.25) is 11.8 Å². The van der Waals surface area contributed by atoms with Crippen LogP contribution in [0.15, 0.2) is 30.3 Å². The van der Waals surface area contributed by atoms with Gasteiger partial charge in [-0.3, -0.25) is 9.59 Å². The molecule has 1 aromatic carbocycles. The van der Waals surface area contributed by atoms with Crippen LogP contribution < -0.4 is 5.32 Å². The minimum Gasteiger partial charge on any atom is -0.383 e. The lowest BCUT2D eigenvalue weighted by Crippen LogP contribution is -2.41. The highest BCUT2D eigenvalue weighted by Gasteiger charge is 2.34. The van der Waals surface area contributed by atoms with E-state index in [1.54, 1.807) is 12.0 Å². The van der Waals surface area contributed by atoms with Crippen LogP contribution in [0.1, 0.15) is 25.3 Å². The van der Waals surface area contributed by atoms with Crippen molar-refractivity contribution in [2.45, 2.75) is 32.4 Å². The number of carbonyl (C=O) groups excluding carboxylic acids is 2. The van der Waals surface area contributed by atoms with Crippen LogP contribution in [0.2, 0.25) is 0 Å². The first-order chi connectivity index (χ1) is 10.6. The van der Waals surface area contributed by atoms with Crippen molar-refractivity contribution in [2.75, 3.05) is 20.3 Å². The molecule has 1 aliphatic heterocycles. The van der Waals surface area contributed by atoms with E-state index in [0.717, 1.165) is 12.0 Å². The minimum atomic E-state index is -0.262. The Balaban J connectivity index is 1.89. The topological polar surface area (TPSA) is 58.6 Å². The summed E-state index contributed by atoms with van der Waals surface area (Å²) < 4.78 is 5.09. The maximum absolute atomic E-state index is 12.3. The number of ether oxygens (including phenoxy) is 1. The molecule has 5 heteroatoms. The second kappa shape index (κ2) is 7.94. The Labute approximate surface area is 131 Å². The van der Waals surface area contributed by atoms with Crippen molar-refractivity contribution in [1.29, 1.82) is 0 Å². The van der Waals surface area contributed by atoms with Gasteiger partial charge in [0, 0.05) is 26.6 Å². The molecule has 22 heavy (non-hydrogen) atoms. The average molecular weight is 304 g/mol. The van der Waals surface area contributed by atoms with E-state index in [-0.39, 0.29) is 23.8 Å². The van der Waals surface area contributed by atoms with Crippen molar-refractivity contribution < 1.29 is 14.3 Å². The Morgan fingerprint density at radius 1 is 1.41 bits per heavy atom. The summed E-state index contributed by atoms with van der Waals surface area (Å²) in [6.07, 6.45) is 1.11. The number of hydrogen-bond donors (Lipinski definition) is 1. The quantitative estimate of drug-likeness (QED) is 0.832. The number of rotatable bonds is 7. The van der Waals surface area contributed by atoms with E-state index in [1.165, 1.54) is 0 Å². The fourth-order valence-electron chi connectivity index (χ4n) is 2.69. The first-order valence-corrected chi connectivity index (χ1v) is 7.75. The van der Waals surface area contributed by atoms with Crippen molar-refractivity contribution in [3.63, 3.8) is 0 Å². The number of methoxy groups -OCH3 is 1. The van der Waals surface area contributed by atoms with Gasteiger partial charge in [0.1, 0.15) is 0 Å². The molecule has 1 aliphatic rings. The molecule has 0 aromatic heterocycles. The fraction of sp³-hybridized carbons (Fsp3) is 0.529. The highest BCUT2D eigenvalue weighted by Crippen LogP contribution is 2.20. The summed E-state index contributed by atoms with van der Waals surface area (Å²) in [5, 5.41) is 2.97. The second-order valence-electron chi connectivity index (χ2n) is 5.73. The summed E-state index contributed by atoms with van der Waals surface area (Å²) in [5.74, 6) is -0.265. The minimum absolute atomic E-state index is 0.00998. The van der Waals surface area contributed by atoms with Gasteiger partial charge in [0.05, 0.1) is 18.6 Å². The molecule has 1 N–H and O–H groups in total. The van der Waals surface area contributed by atoms with Gasteiger partial charge in [-0.25, -0.2) is 0 Å². The Morgan fingerprint density at radius 2 is 2.14 bits per heavy atom. The molecule has 5 nitrogen and oxygen atoms in total. The molecule has 0 radical (unpaired) electrons. The van der Waals surface area contributed by atoms with E-state index in [9.17, 15) is 9.59 Å².